The van der Waals surface area contributed by atoms with Crippen LogP contribution in [0.3, 0.4) is 0 Å². The molecule has 8 nitrogen and oxygen atoms in total. The summed E-state index contributed by atoms with van der Waals surface area (Å²) in [5, 5.41) is 3.49. The summed E-state index contributed by atoms with van der Waals surface area (Å²) in [6.07, 6.45) is 7.46. The molecule has 1 saturated carbocycles. The minimum absolute atomic E-state index is 0.252. The summed E-state index contributed by atoms with van der Waals surface area (Å²) in [6, 6.07) is 0.444. The normalized spacial score (nSPS) is 18.9. The number of carbonyl (C=O) groups excluding carboxylic acids is 1. The molecule has 2 heterocycles. The molecule has 138 valence electrons. The smallest absolute Gasteiger partial charge is 0.409 e. The molecule has 0 atom stereocenters. The summed E-state index contributed by atoms with van der Waals surface area (Å²) < 4.78 is 5.06. The van der Waals surface area contributed by atoms with Gasteiger partial charge in [0.25, 0.3) is 0 Å². The number of ether oxygens (including phenoxy) is 1. The lowest BCUT2D eigenvalue weighted by Crippen LogP contribution is -2.49. The molecule has 1 aromatic rings. The van der Waals surface area contributed by atoms with Crippen molar-refractivity contribution >= 4 is 23.4 Å². The van der Waals surface area contributed by atoms with Crippen molar-refractivity contribution in [1.29, 1.82) is 0 Å². The number of rotatable bonds is 4. The van der Waals surface area contributed by atoms with Crippen LogP contribution in [0.5, 0.6) is 0 Å². The van der Waals surface area contributed by atoms with E-state index in [-0.39, 0.29) is 6.09 Å². The summed E-state index contributed by atoms with van der Waals surface area (Å²) in [7, 11) is 0. The molecule has 0 spiro atoms. The molecule has 2 aliphatic rings. The maximum absolute atomic E-state index is 11.8. The van der Waals surface area contributed by atoms with Crippen molar-refractivity contribution in [1.82, 2.24) is 14.9 Å². The van der Waals surface area contributed by atoms with Crippen LogP contribution in [-0.4, -0.2) is 59.8 Å². The molecule has 8 heteroatoms. The fourth-order valence-electron chi connectivity index (χ4n) is 3.51. The molecule has 1 aliphatic carbocycles. The third-order valence-corrected chi connectivity index (χ3v) is 4.91. The Bertz CT molecular complexity index is 583. The van der Waals surface area contributed by atoms with E-state index in [0.717, 1.165) is 24.5 Å². The van der Waals surface area contributed by atoms with Crippen molar-refractivity contribution in [3.8, 4) is 0 Å². The van der Waals surface area contributed by atoms with Gasteiger partial charge in [-0.1, -0.05) is 19.3 Å². The Balaban J connectivity index is 1.63. The average molecular weight is 348 g/mol. The number of aromatic nitrogens is 2. The molecular weight excluding hydrogens is 320 g/mol. The SMILES string of the molecule is CCOC(=O)N1CCN(c2ncnc(NC3CCCCC3)c2N)CC1. The molecule has 2 fully saturated rings. The highest BCUT2D eigenvalue weighted by atomic mass is 16.6. The van der Waals surface area contributed by atoms with Crippen molar-refractivity contribution in [2.75, 3.05) is 48.7 Å². The van der Waals surface area contributed by atoms with Gasteiger partial charge >= 0.3 is 6.09 Å². The lowest BCUT2D eigenvalue weighted by Gasteiger charge is -2.35. The van der Waals surface area contributed by atoms with E-state index >= 15 is 0 Å². The zero-order chi connectivity index (χ0) is 17.6. The Morgan fingerprint density at radius 3 is 2.64 bits per heavy atom. The number of amides is 1. The number of piperazine rings is 1. The minimum Gasteiger partial charge on any atom is -0.450 e. The molecule has 3 rings (SSSR count). The monoisotopic (exact) mass is 348 g/mol. The predicted molar refractivity (Wildman–Crippen MR) is 97.7 cm³/mol. The van der Waals surface area contributed by atoms with Gasteiger partial charge in [0, 0.05) is 32.2 Å². The Labute approximate surface area is 148 Å². The summed E-state index contributed by atoms with van der Waals surface area (Å²) in [4.78, 5) is 24.4. The molecule has 0 bridgehead atoms. The molecule has 0 radical (unpaired) electrons. The first-order chi connectivity index (χ1) is 12.2. The van der Waals surface area contributed by atoms with Crippen LogP contribution in [0.2, 0.25) is 0 Å². The number of hydrogen-bond acceptors (Lipinski definition) is 7. The van der Waals surface area contributed by atoms with Crippen molar-refractivity contribution in [3.63, 3.8) is 0 Å². The number of carbonyl (C=O) groups is 1. The van der Waals surface area contributed by atoms with Crippen molar-refractivity contribution < 1.29 is 9.53 Å². The van der Waals surface area contributed by atoms with Gasteiger partial charge in [-0.2, -0.15) is 0 Å². The first-order valence-electron chi connectivity index (χ1n) is 9.22. The number of anilines is 3. The van der Waals surface area contributed by atoms with E-state index in [1.165, 1.54) is 19.3 Å². The number of nitrogen functional groups attached to an aromatic ring is 1. The maximum Gasteiger partial charge on any atom is 0.409 e. The Kier molecular flexibility index (Phi) is 5.78. The van der Waals surface area contributed by atoms with Crippen LogP contribution in [0.1, 0.15) is 39.0 Å². The third kappa shape index (κ3) is 4.24. The van der Waals surface area contributed by atoms with Crippen LogP contribution in [-0.2, 0) is 4.74 Å². The minimum atomic E-state index is -0.252. The summed E-state index contributed by atoms with van der Waals surface area (Å²) in [6.45, 7) is 4.79. The zero-order valence-corrected chi connectivity index (χ0v) is 14.9. The molecule has 3 N–H and O–H groups in total. The largest absolute Gasteiger partial charge is 0.450 e. The molecule has 0 unspecified atom stereocenters. The lowest BCUT2D eigenvalue weighted by atomic mass is 9.95. The number of nitrogens with zero attached hydrogens (tertiary/aromatic N) is 4. The van der Waals surface area contributed by atoms with Gasteiger partial charge in [-0.25, -0.2) is 14.8 Å². The molecule has 0 aromatic carbocycles. The third-order valence-electron chi connectivity index (χ3n) is 4.91. The van der Waals surface area contributed by atoms with E-state index in [0.29, 0.717) is 44.5 Å². The molecule has 1 aromatic heterocycles. The molecular formula is C17H28N6O2. The van der Waals surface area contributed by atoms with Crippen molar-refractivity contribution in [2.24, 2.45) is 0 Å². The first-order valence-corrected chi connectivity index (χ1v) is 9.22. The van der Waals surface area contributed by atoms with E-state index in [2.05, 4.69) is 20.2 Å². The molecule has 1 aliphatic heterocycles. The highest BCUT2D eigenvalue weighted by Gasteiger charge is 2.25. The summed E-state index contributed by atoms with van der Waals surface area (Å²) in [5.74, 6) is 1.47. The van der Waals surface area contributed by atoms with Gasteiger partial charge in [0.2, 0.25) is 0 Å². The summed E-state index contributed by atoms with van der Waals surface area (Å²) in [5.41, 5.74) is 6.93. The zero-order valence-electron chi connectivity index (χ0n) is 14.9. The summed E-state index contributed by atoms with van der Waals surface area (Å²) >= 11 is 0. The van der Waals surface area contributed by atoms with Gasteiger partial charge < -0.3 is 25.6 Å². The topological polar surface area (TPSA) is 96.6 Å². The lowest BCUT2D eigenvalue weighted by molar-refractivity contribution is 0.105. The fourth-order valence-corrected chi connectivity index (χ4v) is 3.51. The van der Waals surface area contributed by atoms with Crippen molar-refractivity contribution in [2.45, 2.75) is 45.1 Å². The molecule has 1 amide bonds. The second-order valence-electron chi connectivity index (χ2n) is 6.61. The van der Waals surface area contributed by atoms with E-state index < -0.39 is 0 Å². The van der Waals surface area contributed by atoms with Crippen LogP contribution < -0.4 is 16.0 Å². The quantitative estimate of drug-likeness (QED) is 0.860. The highest BCUT2D eigenvalue weighted by molar-refractivity contribution is 5.75. The molecule has 25 heavy (non-hydrogen) atoms. The van der Waals surface area contributed by atoms with Crippen LogP contribution in [0.15, 0.2) is 6.33 Å². The standard InChI is InChI=1S/C17H28N6O2/c1-2-25-17(24)23-10-8-22(9-11-23)16-14(18)15(19-12-20-16)21-13-6-4-3-5-7-13/h12-13H,2-11,18H2,1H3,(H,19,20,21). The second kappa shape index (κ2) is 8.22. The Hall–Kier alpha value is -2.25. The van der Waals surface area contributed by atoms with Gasteiger partial charge in [0.1, 0.15) is 12.0 Å². The van der Waals surface area contributed by atoms with E-state index in [1.54, 1.807) is 11.2 Å². The number of hydrogen-bond donors (Lipinski definition) is 2. The van der Waals surface area contributed by atoms with Crippen LogP contribution in [0.25, 0.3) is 0 Å². The average Bonchev–Trinajstić information content (AvgIpc) is 2.65. The number of nitrogens with one attached hydrogen (secondary N) is 1. The van der Waals surface area contributed by atoms with Crippen LogP contribution in [0, 0.1) is 0 Å². The fraction of sp³-hybridized carbons (Fsp3) is 0.706. The maximum atomic E-state index is 11.8. The first kappa shape index (κ1) is 17.6. The Morgan fingerprint density at radius 1 is 1.24 bits per heavy atom. The van der Waals surface area contributed by atoms with Crippen LogP contribution in [0.4, 0.5) is 22.1 Å². The van der Waals surface area contributed by atoms with Gasteiger partial charge in [-0.05, 0) is 19.8 Å². The van der Waals surface area contributed by atoms with E-state index in [1.807, 2.05) is 6.92 Å². The van der Waals surface area contributed by atoms with Gasteiger partial charge in [0.15, 0.2) is 11.6 Å². The van der Waals surface area contributed by atoms with Crippen LogP contribution >= 0.6 is 0 Å². The van der Waals surface area contributed by atoms with Gasteiger partial charge in [-0.3, -0.25) is 0 Å². The van der Waals surface area contributed by atoms with Gasteiger partial charge in [-0.15, -0.1) is 0 Å². The Morgan fingerprint density at radius 2 is 1.96 bits per heavy atom. The van der Waals surface area contributed by atoms with E-state index in [4.69, 9.17) is 10.5 Å². The predicted octanol–water partition coefficient (Wildman–Crippen LogP) is 2.08. The second-order valence-corrected chi connectivity index (χ2v) is 6.61. The van der Waals surface area contributed by atoms with Gasteiger partial charge in [0.05, 0.1) is 6.61 Å². The van der Waals surface area contributed by atoms with Crippen molar-refractivity contribution in [3.05, 3.63) is 6.33 Å². The highest BCUT2D eigenvalue weighted by Crippen LogP contribution is 2.29. The molecule has 1 saturated heterocycles. The van der Waals surface area contributed by atoms with E-state index in [9.17, 15) is 4.79 Å². The number of nitrogens with two attached hydrogens (primary N) is 1.